The van der Waals surface area contributed by atoms with Gasteiger partial charge in [-0.2, -0.15) is 0 Å². The SMILES string of the molecule is Nc1c(Cl)ccc2[nH]c(Cc3nc4c(N)c(Cl)ccc4[nH]3)nc12.O=[N+]([O-])c1c(Cl)ccc2[nH]c(Cc3nc4c([N+](=O)[O-])c(Cl)ccc4[nH]3)nc12. The van der Waals surface area contributed by atoms with Crippen LogP contribution in [-0.2, 0) is 12.8 Å². The molecule has 0 unspecified atom stereocenters. The Morgan fingerprint density at radius 1 is 0.500 bits per heavy atom. The van der Waals surface area contributed by atoms with E-state index in [1.165, 1.54) is 12.1 Å². The minimum atomic E-state index is -0.595. The van der Waals surface area contributed by atoms with Gasteiger partial charge in [0, 0.05) is 0 Å². The van der Waals surface area contributed by atoms with Crippen LogP contribution in [0.15, 0.2) is 48.5 Å². The summed E-state index contributed by atoms with van der Waals surface area (Å²) in [4.78, 5) is 51.1. The van der Waals surface area contributed by atoms with Gasteiger partial charge in [-0.25, -0.2) is 19.9 Å². The lowest BCUT2D eigenvalue weighted by molar-refractivity contribution is -0.383. The van der Waals surface area contributed by atoms with Crippen LogP contribution in [0.5, 0.6) is 0 Å². The highest BCUT2D eigenvalue weighted by atomic mass is 35.5. The van der Waals surface area contributed by atoms with Gasteiger partial charge in [0.2, 0.25) is 0 Å². The van der Waals surface area contributed by atoms with Crippen molar-refractivity contribution in [2.45, 2.75) is 12.8 Å². The first-order valence-electron chi connectivity index (χ1n) is 14.4. The molecule has 0 amide bonds. The summed E-state index contributed by atoms with van der Waals surface area (Å²) in [6.45, 7) is 0. The third-order valence-corrected chi connectivity index (χ3v) is 8.94. The molecule has 8 rings (SSSR count). The Morgan fingerprint density at radius 2 is 0.780 bits per heavy atom. The highest BCUT2D eigenvalue weighted by Gasteiger charge is 2.23. The average Bonchev–Trinajstić information content (AvgIpc) is 3.85. The Balaban J connectivity index is 0.000000159. The lowest BCUT2D eigenvalue weighted by atomic mass is 10.3. The predicted molar refractivity (Wildman–Crippen MR) is 192 cm³/mol. The summed E-state index contributed by atoms with van der Waals surface area (Å²) in [5, 5.41) is 23.4. The number of aromatic nitrogens is 8. The summed E-state index contributed by atoms with van der Waals surface area (Å²) in [5.41, 5.74) is 16.4. The highest BCUT2D eigenvalue weighted by molar-refractivity contribution is 6.35. The Labute approximate surface area is 298 Å². The van der Waals surface area contributed by atoms with Gasteiger partial charge in [-0.1, -0.05) is 46.4 Å². The van der Waals surface area contributed by atoms with Crippen LogP contribution in [0, 0.1) is 20.2 Å². The molecule has 0 bridgehead atoms. The molecule has 0 saturated carbocycles. The van der Waals surface area contributed by atoms with Crippen LogP contribution in [0.4, 0.5) is 22.7 Å². The number of hydrogen-bond acceptors (Lipinski definition) is 10. The van der Waals surface area contributed by atoms with Gasteiger partial charge in [-0.05, 0) is 48.5 Å². The van der Waals surface area contributed by atoms with Crippen molar-refractivity contribution in [3.8, 4) is 0 Å². The fourth-order valence-corrected chi connectivity index (χ4v) is 6.17. The first-order valence-corrected chi connectivity index (χ1v) is 15.9. The number of nitro benzene ring substituents is 2. The maximum Gasteiger partial charge on any atom is 0.315 e. The summed E-state index contributed by atoms with van der Waals surface area (Å²) in [6, 6.07) is 13.2. The molecule has 8 N–H and O–H groups in total. The van der Waals surface area contributed by atoms with Crippen molar-refractivity contribution in [1.29, 1.82) is 0 Å². The van der Waals surface area contributed by atoms with Gasteiger partial charge < -0.3 is 31.4 Å². The van der Waals surface area contributed by atoms with Crippen molar-refractivity contribution in [3.05, 3.63) is 112 Å². The molecule has 16 nitrogen and oxygen atoms in total. The Hall–Kier alpha value is -5.68. The van der Waals surface area contributed by atoms with E-state index in [0.29, 0.717) is 61.6 Å². The smallest absolute Gasteiger partial charge is 0.315 e. The van der Waals surface area contributed by atoms with Crippen LogP contribution < -0.4 is 11.5 Å². The molecule has 8 aromatic rings. The molecule has 0 atom stereocenters. The van der Waals surface area contributed by atoms with Crippen LogP contribution in [0.25, 0.3) is 44.1 Å². The summed E-state index contributed by atoms with van der Waals surface area (Å²) >= 11 is 23.8. The fraction of sp³-hybridized carbons (Fsp3) is 0.0667. The summed E-state index contributed by atoms with van der Waals surface area (Å²) < 4.78 is 0. The molecular formula is C30H20Cl4N12O4. The van der Waals surface area contributed by atoms with Gasteiger partial charge in [0.15, 0.2) is 11.0 Å². The number of benzene rings is 4. The molecule has 0 aliphatic carbocycles. The van der Waals surface area contributed by atoms with Gasteiger partial charge in [0.1, 0.15) is 44.4 Å². The fourth-order valence-electron chi connectivity index (χ4n) is 5.42. The molecule has 20 heteroatoms. The Morgan fingerprint density at radius 3 is 1.10 bits per heavy atom. The Bertz CT molecular complexity index is 2480. The van der Waals surface area contributed by atoms with E-state index in [9.17, 15) is 20.2 Å². The Kier molecular flexibility index (Phi) is 8.31. The highest BCUT2D eigenvalue weighted by Crippen LogP contribution is 2.34. The molecule has 0 aliphatic rings. The van der Waals surface area contributed by atoms with Crippen molar-refractivity contribution in [2.24, 2.45) is 0 Å². The van der Waals surface area contributed by atoms with E-state index in [4.69, 9.17) is 57.9 Å². The van der Waals surface area contributed by atoms with Crippen molar-refractivity contribution in [2.75, 3.05) is 11.5 Å². The number of rotatable bonds is 6. The van der Waals surface area contributed by atoms with E-state index >= 15 is 0 Å². The maximum absolute atomic E-state index is 11.2. The lowest BCUT2D eigenvalue weighted by Crippen LogP contribution is -1.94. The van der Waals surface area contributed by atoms with Crippen LogP contribution in [0.1, 0.15) is 23.3 Å². The third-order valence-electron chi connectivity index (χ3n) is 7.67. The number of hydrogen-bond donors (Lipinski definition) is 6. The van der Waals surface area contributed by atoms with Gasteiger partial charge in [-0.15, -0.1) is 0 Å². The first-order chi connectivity index (χ1) is 23.9. The minimum absolute atomic E-state index is 0.0143. The standard InChI is InChI=1S/C15H8Cl2N6O4.C15H12Cl2N6/c16-6-1-3-8-12(14(6)22(24)25)20-10(18-8)5-11-19-9-4-2-7(17)15(23(26)27)13(9)21-11;16-6-1-3-8-14(12(6)18)22-10(20-8)5-11-21-9-4-2-7(17)13(19)15(9)23-11/h1-4H,5H2,(H,18,20)(H,19,21);1-4H,5,18-19H2,(H,20,22)(H,21,23). The molecule has 4 aromatic heterocycles. The first kappa shape index (κ1) is 32.8. The number of nitrogens with two attached hydrogens (primary N) is 2. The van der Waals surface area contributed by atoms with Crippen LogP contribution in [0.3, 0.4) is 0 Å². The van der Waals surface area contributed by atoms with Crippen LogP contribution in [-0.4, -0.2) is 49.7 Å². The van der Waals surface area contributed by atoms with Crippen molar-refractivity contribution in [3.63, 3.8) is 0 Å². The van der Waals surface area contributed by atoms with E-state index in [1.807, 2.05) is 12.1 Å². The second kappa shape index (κ2) is 12.6. The molecular weight excluding hydrogens is 734 g/mol. The molecule has 0 fully saturated rings. The van der Waals surface area contributed by atoms with Crippen LogP contribution >= 0.6 is 46.4 Å². The molecule has 252 valence electrons. The number of imidazole rings is 4. The predicted octanol–water partition coefficient (Wildman–Crippen LogP) is 7.65. The zero-order valence-electron chi connectivity index (χ0n) is 25.0. The van der Waals surface area contributed by atoms with Gasteiger partial charge in [0.25, 0.3) is 0 Å². The van der Waals surface area contributed by atoms with Gasteiger partial charge in [0.05, 0.1) is 66.2 Å². The van der Waals surface area contributed by atoms with Crippen LogP contribution in [0.2, 0.25) is 20.1 Å². The van der Waals surface area contributed by atoms with Crippen molar-refractivity contribution >= 4 is 113 Å². The molecule has 4 aromatic carbocycles. The third kappa shape index (κ3) is 5.94. The maximum atomic E-state index is 11.2. The molecule has 0 radical (unpaired) electrons. The van der Waals surface area contributed by atoms with E-state index in [2.05, 4.69) is 39.9 Å². The number of halogens is 4. The van der Waals surface area contributed by atoms with Gasteiger partial charge in [-0.3, -0.25) is 20.2 Å². The normalized spacial score (nSPS) is 11.4. The van der Waals surface area contributed by atoms with E-state index in [1.54, 1.807) is 24.3 Å². The number of nitrogen functional groups attached to an aromatic ring is 2. The summed E-state index contributed by atoms with van der Waals surface area (Å²) in [5.74, 6) is 2.25. The lowest BCUT2D eigenvalue weighted by Gasteiger charge is -1.96. The summed E-state index contributed by atoms with van der Waals surface area (Å²) in [7, 11) is 0. The quantitative estimate of drug-likeness (QED) is 0.0549. The molecule has 50 heavy (non-hydrogen) atoms. The number of anilines is 2. The zero-order valence-corrected chi connectivity index (χ0v) is 28.0. The average molecular weight is 754 g/mol. The van der Waals surface area contributed by atoms with E-state index in [0.717, 1.165) is 22.7 Å². The number of nitrogens with one attached hydrogen (secondary N) is 4. The van der Waals surface area contributed by atoms with Crippen molar-refractivity contribution < 1.29 is 9.85 Å². The largest absolute Gasteiger partial charge is 0.396 e. The topological polar surface area (TPSA) is 253 Å². The van der Waals surface area contributed by atoms with Crippen molar-refractivity contribution in [1.82, 2.24) is 39.9 Å². The number of fused-ring (bicyclic) bond motifs is 4. The number of nitrogens with zero attached hydrogens (tertiary/aromatic N) is 6. The zero-order chi connectivity index (χ0) is 35.4. The number of H-pyrrole nitrogens is 4. The molecule has 0 spiro atoms. The van der Waals surface area contributed by atoms with E-state index < -0.39 is 9.85 Å². The second-order valence-corrected chi connectivity index (χ2v) is 12.5. The minimum Gasteiger partial charge on any atom is -0.396 e. The molecule has 0 saturated heterocycles. The summed E-state index contributed by atoms with van der Waals surface area (Å²) in [6.07, 6.45) is 0.629. The number of aromatic amines is 4. The number of nitro groups is 2. The van der Waals surface area contributed by atoms with E-state index in [-0.39, 0.29) is 38.9 Å². The monoisotopic (exact) mass is 752 g/mol. The second-order valence-electron chi connectivity index (χ2n) is 10.9. The van der Waals surface area contributed by atoms with Gasteiger partial charge >= 0.3 is 11.4 Å². The molecule has 0 aliphatic heterocycles. The molecule has 4 heterocycles.